The third-order valence-corrected chi connectivity index (χ3v) is 3.54. The molecule has 0 aliphatic rings. The molecule has 0 aliphatic carbocycles. The SMILES string of the molecule is CCOc1cccc2[nH]cc(S(=O)(=O)Cl)c12. The van der Waals surface area contributed by atoms with E-state index >= 15 is 0 Å². The highest BCUT2D eigenvalue weighted by Crippen LogP contribution is 2.33. The van der Waals surface area contributed by atoms with E-state index in [1.807, 2.05) is 6.92 Å². The van der Waals surface area contributed by atoms with Gasteiger partial charge in [-0.2, -0.15) is 0 Å². The molecule has 0 aliphatic heterocycles. The van der Waals surface area contributed by atoms with Crippen LogP contribution in [0.4, 0.5) is 0 Å². The summed E-state index contributed by atoms with van der Waals surface area (Å²) >= 11 is 0. The Labute approximate surface area is 97.6 Å². The van der Waals surface area contributed by atoms with Gasteiger partial charge in [0, 0.05) is 16.9 Å². The summed E-state index contributed by atoms with van der Waals surface area (Å²) in [4.78, 5) is 2.90. The van der Waals surface area contributed by atoms with Gasteiger partial charge in [0.25, 0.3) is 9.05 Å². The normalized spacial score (nSPS) is 11.9. The molecule has 0 amide bonds. The molecule has 86 valence electrons. The van der Waals surface area contributed by atoms with E-state index in [1.54, 1.807) is 18.2 Å². The van der Waals surface area contributed by atoms with Crippen LogP contribution >= 0.6 is 10.7 Å². The smallest absolute Gasteiger partial charge is 0.263 e. The summed E-state index contributed by atoms with van der Waals surface area (Å²) in [7, 11) is 1.58. The second-order valence-corrected chi connectivity index (χ2v) is 5.74. The fraction of sp³-hybridized carbons (Fsp3) is 0.200. The van der Waals surface area contributed by atoms with Gasteiger partial charge in [-0.1, -0.05) is 6.07 Å². The Morgan fingerprint density at radius 1 is 1.44 bits per heavy atom. The van der Waals surface area contributed by atoms with Crippen LogP contribution in [0.2, 0.25) is 0 Å². The quantitative estimate of drug-likeness (QED) is 0.862. The number of aromatic nitrogens is 1. The van der Waals surface area contributed by atoms with Crippen LogP contribution in [-0.4, -0.2) is 20.0 Å². The van der Waals surface area contributed by atoms with Gasteiger partial charge < -0.3 is 9.72 Å². The zero-order chi connectivity index (χ0) is 11.8. The minimum Gasteiger partial charge on any atom is -0.493 e. The predicted molar refractivity (Wildman–Crippen MR) is 62.5 cm³/mol. The fourth-order valence-corrected chi connectivity index (χ4v) is 2.61. The summed E-state index contributed by atoms with van der Waals surface area (Å²) in [5, 5.41) is 0.499. The summed E-state index contributed by atoms with van der Waals surface area (Å²) in [6.45, 7) is 2.30. The number of hydrogen-bond acceptors (Lipinski definition) is 3. The molecule has 16 heavy (non-hydrogen) atoms. The molecular weight excluding hydrogens is 250 g/mol. The van der Waals surface area contributed by atoms with Crippen molar-refractivity contribution in [1.82, 2.24) is 4.98 Å². The molecule has 0 saturated heterocycles. The van der Waals surface area contributed by atoms with Crippen molar-refractivity contribution in [3.05, 3.63) is 24.4 Å². The number of benzene rings is 1. The second-order valence-electron chi connectivity index (χ2n) is 3.20. The minimum absolute atomic E-state index is 0.0493. The van der Waals surface area contributed by atoms with Crippen LogP contribution in [0.1, 0.15) is 6.92 Å². The van der Waals surface area contributed by atoms with E-state index in [-0.39, 0.29) is 4.90 Å². The van der Waals surface area contributed by atoms with E-state index in [0.717, 1.165) is 0 Å². The molecule has 0 atom stereocenters. The van der Waals surface area contributed by atoms with Gasteiger partial charge in [-0.05, 0) is 19.1 Å². The Hall–Kier alpha value is -1.20. The first-order chi connectivity index (χ1) is 7.54. The van der Waals surface area contributed by atoms with E-state index in [4.69, 9.17) is 15.4 Å². The number of nitrogens with one attached hydrogen (secondary N) is 1. The summed E-state index contributed by atoms with van der Waals surface area (Å²) in [5.74, 6) is 0.514. The average Bonchev–Trinajstić information content (AvgIpc) is 2.62. The summed E-state index contributed by atoms with van der Waals surface area (Å²) in [5.41, 5.74) is 0.685. The van der Waals surface area contributed by atoms with Crippen molar-refractivity contribution in [1.29, 1.82) is 0 Å². The Morgan fingerprint density at radius 2 is 2.19 bits per heavy atom. The number of H-pyrrole nitrogens is 1. The lowest BCUT2D eigenvalue weighted by molar-refractivity contribution is 0.344. The van der Waals surface area contributed by atoms with Gasteiger partial charge in [0.15, 0.2) is 0 Å². The molecule has 0 unspecified atom stereocenters. The third-order valence-electron chi connectivity index (χ3n) is 2.19. The lowest BCUT2D eigenvalue weighted by atomic mass is 10.2. The van der Waals surface area contributed by atoms with Crippen molar-refractivity contribution >= 4 is 30.6 Å². The zero-order valence-corrected chi connectivity index (χ0v) is 10.1. The number of rotatable bonds is 3. The van der Waals surface area contributed by atoms with Crippen molar-refractivity contribution in [2.45, 2.75) is 11.8 Å². The molecule has 1 aromatic carbocycles. The van der Waals surface area contributed by atoms with Crippen molar-refractivity contribution in [2.24, 2.45) is 0 Å². The maximum atomic E-state index is 11.4. The first-order valence-electron chi connectivity index (χ1n) is 4.71. The fourth-order valence-electron chi connectivity index (χ4n) is 1.59. The van der Waals surface area contributed by atoms with Crippen molar-refractivity contribution in [2.75, 3.05) is 6.61 Å². The highest BCUT2D eigenvalue weighted by Gasteiger charge is 2.19. The average molecular weight is 260 g/mol. The van der Waals surface area contributed by atoms with Gasteiger partial charge in [0.05, 0.1) is 17.5 Å². The molecule has 0 bridgehead atoms. The molecule has 0 saturated carbocycles. The molecule has 0 spiro atoms. The van der Waals surface area contributed by atoms with E-state index in [2.05, 4.69) is 4.98 Å². The van der Waals surface area contributed by atoms with E-state index in [1.165, 1.54) is 6.20 Å². The molecular formula is C10H10ClNO3S. The van der Waals surface area contributed by atoms with Crippen LogP contribution < -0.4 is 4.74 Å². The van der Waals surface area contributed by atoms with Gasteiger partial charge in [-0.3, -0.25) is 0 Å². The predicted octanol–water partition coefficient (Wildman–Crippen LogP) is 2.49. The summed E-state index contributed by atoms with van der Waals surface area (Å²) < 4.78 is 28.1. The largest absolute Gasteiger partial charge is 0.493 e. The monoisotopic (exact) mass is 259 g/mol. The Bertz CT molecular complexity index is 618. The highest BCUT2D eigenvalue weighted by atomic mass is 35.7. The van der Waals surface area contributed by atoms with Gasteiger partial charge in [0.1, 0.15) is 10.6 Å². The Kier molecular flexibility index (Phi) is 2.82. The van der Waals surface area contributed by atoms with Crippen molar-refractivity contribution in [3.8, 4) is 5.75 Å². The minimum atomic E-state index is -3.77. The number of aromatic amines is 1. The lowest BCUT2D eigenvalue weighted by Gasteiger charge is -2.05. The van der Waals surface area contributed by atoms with Crippen LogP contribution in [0.25, 0.3) is 10.9 Å². The van der Waals surface area contributed by atoms with Crippen molar-refractivity contribution in [3.63, 3.8) is 0 Å². The number of fused-ring (bicyclic) bond motifs is 1. The first kappa shape index (κ1) is 11.3. The number of ether oxygens (including phenoxy) is 1. The molecule has 2 aromatic rings. The number of halogens is 1. The summed E-state index contributed by atoms with van der Waals surface area (Å²) in [6.07, 6.45) is 1.37. The van der Waals surface area contributed by atoms with E-state index in [9.17, 15) is 8.42 Å². The van der Waals surface area contributed by atoms with Crippen LogP contribution in [0.3, 0.4) is 0 Å². The van der Waals surface area contributed by atoms with Gasteiger partial charge >= 0.3 is 0 Å². The molecule has 0 fully saturated rings. The molecule has 1 aromatic heterocycles. The van der Waals surface area contributed by atoms with Crippen molar-refractivity contribution < 1.29 is 13.2 Å². The number of hydrogen-bond donors (Lipinski definition) is 1. The maximum Gasteiger partial charge on any atom is 0.263 e. The Balaban J connectivity index is 2.78. The van der Waals surface area contributed by atoms with Gasteiger partial charge in [0.2, 0.25) is 0 Å². The van der Waals surface area contributed by atoms with Gasteiger partial charge in [-0.25, -0.2) is 8.42 Å². The van der Waals surface area contributed by atoms with E-state index in [0.29, 0.717) is 23.3 Å². The van der Waals surface area contributed by atoms with Crippen LogP contribution in [-0.2, 0) is 9.05 Å². The molecule has 1 heterocycles. The van der Waals surface area contributed by atoms with Crippen LogP contribution in [0, 0.1) is 0 Å². The lowest BCUT2D eigenvalue weighted by Crippen LogP contribution is -1.94. The van der Waals surface area contributed by atoms with Crippen LogP contribution in [0.15, 0.2) is 29.3 Å². The van der Waals surface area contributed by atoms with E-state index < -0.39 is 9.05 Å². The van der Waals surface area contributed by atoms with Gasteiger partial charge in [-0.15, -0.1) is 0 Å². The Morgan fingerprint density at radius 3 is 2.81 bits per heavy atom. The standard InChI is InChI=1S/C10H10ClNO3S/c1-2-15-8-5-3-4-7-10(8)9(6-12-7)16(11,13)14/h3-6,12H,2H2,1H3. The molecule has 1 N–H and O–H groups in total. The molecule has 2 rings (SSSR count). The van der Waals surface area contributed by atoms with Crippen LogP contribution in [0.5, 0.6) is 5.75 Å². The molecule has 6 heteroatoms. The summed E-state index contributed by atoms with van der Waals surface area (Å²) in [6, 6.07) is 5.27. The molecule has 0 radical (unpaired) electrons. The maximum absolute atomic E-state index is 11.4. The molecule has 4 nitrogen and oxygen atoms in total. The third kappa shape index (κ3) is 1.88. The zero-order valence-electron chi connectivity index (χ0n) is 8.53. The highest BCUT2D eigenvalue weighted by molar-refractivity contribution is 8.14. The first-order valence-corrected chi connectivity index (χ1v) is 7.02. The topological polar surface area (TPSA) is 59.2 Å². The second kappa shape index (κ2) is 3.99.